The van der Waals surface area contributed by atoms with Crippen LogP contribution in [0.4, 0.5) is 0 Å². The number of fused-ring (bicyclic) bond motifs is 16. The fourth-order valence-corrected chi connectivity index (χ4v) is 11.3. The van der Waals surface area contributed by atoms with Crippen molar-refractivity contribution in [3.8, 4) is 67.9 Å². The molecule has 0 amide bonds. The standard InChI is InChI=1S/C60H34N4O/c61-35-46-56(36-17-3-1-4-18-36)62-59(63-57(46)37-19-5-2-6-20-37)43-31-32-52(55-42-25-11-16-30-54(42)65-58(43)55)64-51-29-15-10-24-41(51)45-33-44-40-23-9-14-28-49(40)60(50(44)34-53(45)64)47-26-12-7-21-38(47)39-22-8-13-27-48(39)60/h1-34H. The van der Waals surface area contributed by atoms with Crippen molar-refractivity contribution in [3.63, 3.8) is 0 Å². The van der Waals surface area contributed by atoms with Crippen LogP contribution in [-0.4, -0.2) is 14.5 Å². The lowest BCUT2D eigenvalue weighted by Crippen LogP contribution is -2.25. The fourth-order valence-electron chi connectivity index (χ4n) is 11.3. The zero-order chi connectivity index (χ0) is 42.8. The summed E-state index contributed by atoms with van der Waals surface area (Å²) in [6.07, 6.45) is 0. The highest BCUT2D eigenvalue weighted by Crippen LogP contribution is 2.63. The zero-order valence-corrected chi connectivity index (χ0v) is 34.8. The number of furan rings is 1. The number of nitrogens with zero attached hydrogens (tertiary/aromatic N) is 4. The molecule has 0 bridgehead atoms. The molecule has 12 aromatic rings. The van der Waals surface area contributed by atoms with Gasteiger partial charge in [-0.1, -0.05) is 170 Å². The highest BCUT2D eigenvalue weighted by molar-refractivity contribution is 6.18. The molecule has 14 rings (SSSR count). The van der Waals surface area contributed by atoms with Crippen molar-refractivity contribution in [3.05, 3.63) is 234 Å². The zero-order valence-electron chi connectivity index (χ0n) is 34.8. The third kappa shape index (κ3) is 4.75. The van der Waals surface area contributed by atoms with E-state index in [4.69, 9.17) is 14.4 Å². The van der Waals surface area contributed by atoms with E-state index in [0.717, 1.165) is 49.8 Å². The summed E-state index contributed by atoms with van der Waals surface area (Å²) in [5, 5.41) is 15.0. The van der Waals surface area contributed by atoms with Gasteiger partial charge in [0, 0.05) is 27.3 Å². The van der Waals surface area contributed by atoms with Crippen LogP contribution in [0.3, 0.4) is 0 Å². The smallest absolute Gasteiger partial charge is 0.164 e. The lowest BCUT2D eigenvalue weighted by molar-refractivity contribution is 0.669. The van der Waals surface area contributed by atoms with E-state index in [1.54, 1.807) is 0 Å². The molecule has 0 unspecified atom stereocenters. The Morgan fingerprint density at radius 3 is 1.62 bits per heavy atom. The fraction of sp³-hybridized carbons (Fsp3) is 0.0167. The minimum Gasteiger partial charge on any atom is -0.455 e. The predicted octanol–water partition coefficient (Wildman–Crippen LogP) is 14.7. The molecular weight excluding hydrogens is 793 g/mol. The molecule has 3 heterocycles. The Bertz CT molecular complexity index is 3920. The Morgan fingerprint density at radius 2 is 0.985 bits per heavy atom. The molecule has 5 nitrogen and oxygen atoms in total. The minimum atomic E-state index is -0.490. The third-order valence-corrected chi connectivity index (χ3v) is 13.9. The lowest BCUT2D eigenvalue weighted by atomic mass is 9.70. The topological polar surface area (TPSA) is 67.6 Å². The van der Waals surface area contributed by atoms with Gasteiger partial charge in [0.1, 0.15) is 22.8 Å². The van der Waals surface area contributed by atoms with Crippen molar-refractivity contribution in [2.24, 2.45) is 0 Å². The quantitative estimate of drug-likeness (QED) is 0.177. The summed E-state index contributed by atoms with van der Waals surface area (Å²) in [6.45, 7) is 0. The molecule has 0 fully saturated rings. The van der Waals surface area contributed by atoms with Gasteiger partial charge in [0.05, 0.1) is 44.5 Å². The first-order valence-electron chi connectivity index (χ1n) is 22.0. The Labute approximate surface area is 373 Å². The molecule has 9 aromatic carbocycles. The van der Waals surface area contributed by atoms with Gasteiger partial charge in [-0.2, -0.15) is 5.26 Å². The van der Waals surface area contributed by atoms with E-state index < -0.39 is 5.41 Å². The van der Waals surface area contributed by atoms with Gasteiger partial charge < -0.3 is 8.98 Å². The molecule has 0 aliphatic heterocycles. The Kier molecular flexibility index (Phi) is 7.32. The molecule has 65 heavy (non-hydrogen) atoms. The number of hydrogen-bond donors (Lipinski definition) is 0. The number of rotatable bonds is 4. The predicted molar refractivity (Wildman–Crippen MR) is 261 cm³/mol. The van der Waals surface area contributed by atoms with Crippen molar-refractivity contribution in [1.29, 1.82) is 5.26 Å². The van der Waals surface area contributed by atoms with E-state index in [0.29, 0.717) is 28.4 Å². The van der Waals surface area contributed by atoms with Crippen molar-refractivity contribution >= 4 is 43.7 Å². The summed E-state index contributed by atoms with van der Waals surface area (Å²) in [6, 6.07) is 75.4. The van der Waals surface area contributed by atoms with E-state index in [1.807, 2.05) is 72.8 Å². The van der Waals surface area contributed by atoms with Crippen LogP contribution in [0.2, 0.25) is 0 Å². The van der Waals surface area contributed by atoms with Gasteiger partial charge in [-0.15, -0.1) is 0 Å². The summed E-state index contributed by atoms with van der Waals surface area (Å²) in [5.41, 5.74) is 18.5. The Hall–Kier alpha value is -8.85. The van der Waals surface area contributed by atoms with Gasteiger partial charge in [-0.3, -0.25) is 0 Å². The number of nitriles is 1. The molecule has 1 spiro atoms. The average molecular weight is 827 g/mol. The van der Waals surface area contributed by atoms with E-state index in [-0.39, 0.29) is 0 Å². The average Bonchev–Trinajstić information content (AvgIpc) is 4.10. The van der Waals surface area contributed by atoms with Crippen LogP contribution >= 0.6 is 0 Å². The van der Waals surface area contributed by atoms with Gasteiger partial charge in [0.2, 0.25) is 0 Å². The van der Waals surface area contributed by atoms with Gasteiger partial charge in [-0.05, 0) is 80.9 Å². The van der Waals surface area contributed by atoms with Crippen molar-refractivity contribution in [2.45, 2.75) is 5.41 Å². The van der Waals surface area contributed by atoms with Crippen LogP contribution in [0.1, 0.15) is 27.8 Å². The Morgan fingerprint density at radius 1 is 0.446 bits per heavy atom. The second-order valence-corrected chi connectivity index (χ2v) is 17.1. The minimum absolute atomic E-state index is 0.425. The number of para-hydroxylation sites is 2. The summed E-state index contributed by atoms with van der Waals surface area (Å²) in [7, 11) is 0. The summed E-state index contributed by atoms with van der Waals surface area (Å²) >= 11 is 0. The lowest BCUT2D eigenvalue weighted by Gasteiger charge is -2.30. The molecule has 0 saturated carbocycles. The Balaban J connectivity index is 1.08. The van der Waals surface area contributed by atoms with Crippen LogP contribution in [0.5, 0.6) is 0 Å². The first-order chi connectivity index (χ1) is 32.2. The van der Waals surface area contributed by atoms with Crippen LogP contribution in [0, 0.1) is 11.3 Å². The third-order valence-electron chi connectivity index (χ3n) is 13.9. The molecule has 0 radical (unpaired) electrons. The van der Waals surface area contributed by atoms with E-state index in [9.17, 15) is 5.26 Å². The maximum Gasteiger partial charge on any atom is 0.164 e. The maximum absolute atomic E-state index is 10.7. The van der Waals surface area contributed by atoms with Crippen LogP contribution in [0.15, 0.2) is 211 Å². The second kappa shape index (κ2) is 13.3. The summed E-state index contributed by atoms with van der Waals surface area (Å²) in [4.78, 5) is 10.4. The number of hydrogen-bond acceptors (Lipinski definition) is 4. The first kappa shape index (κ1) is 35.7. The van der Waals surface area contributed by atoms with E-state index in [1.165, 1.54) is 55.3 Å². The largest absolute Gasteiger partial charge is 0.455 e. The molecule has 0 atom stereocenters. The highest BCUT2D eigenvalue weighted by Gasteiger charge is 2.51. The molecule has 0 N–H and O–H groups in total. The molecule has 3 aromatic heterocycles. The second-order valence-electron chi connectivity index (χ2n) is 17.1. The summed E-state index contributed by atoms with van der Waals surface area (Å²) in [5.74, 6) is 0.482. The van der Waals surface area contributed by atoms with Gasteiger partial charge in [0.15, 0.2) is 5.82 Å². The SMILES string of the molecule is N#Cc1c(-c2ccccc2)nc(-c2ccc(-n3c4ccccc4c4cc5c(cc43)C3(c4ccccc4-c4ccccc43)c3ccccc3-5)c3c2oc2ccccc23)nc1-c1ccccc1. The van der Waals surface area contributed by atoms with E-state index in [2.05, 4.69) is 144 Å². The van der Waals surface area contributed by atoms with Crippen LogP contribution in [-0.2, 0) is 5.41 Å². The number of aromatic nitrogens is 3. The normalized spacial score (nSPS) is 13.0. The monoisotopic (exact) mass is 826 g/mol. The first-order valence-corrected chi connectivity index (χ1v) is 22.0. The van der Waals surface area contributed by atoms with Crippen LogP contribution in [0.25, 0.3) is 106 Å². The molecule has 2 aliphatic rings. The molecule has 5 heteroatoms. The van der Waals surface area contributed by atoms with Crippen molar-refractivity contribution in [1.82, 2.24) is 14.5 Å². The molecular formula is C60H34N4O. The van der Waals surface area contributed by atoms with Gasteiger partial charge >= 0.3 is 0 Å². The molecule has 2 aliphatic carbocycles. The highest BCUT2D eigenvalue weighted by atomic mass is 16.3. The van der Waals surface area contributed by atoms with Gasteiger partial charge in [-0.25, -0.2) is 9.97 Å². The molecule has 0 saturated heterocycles. The van der Waals surface area contributed by atoms with Gasteiger partial charge in [0.25, 0.3) is 0 Å². The molecule has 300 valence electrons. The van der Waals surface area contributed by atoms with E-state index >= 15 is 0 Å². The maximum atomic E-state index is 10.7. The summed E-state index contributed by atoms with van der Waals surface area (Å²) < 4.78 is 9.40. The van der Waals surface area contributed by atoms with Crippen molar-refractivity contribution < 1.29 is 4.42 Å². The van der Waals surface area contributed by atoms with Crippen LogP contribution < -0.4 is 0 Å². The van der Waals surface area contributed by atoms with Crippen molar-refractivity contribution in [2.75, 3.05) is 0 Å². The number of benzene rings is 9.